The lowest BCUT2D eigenvalue weighted by Gasteiger charge is -1.67. The predicted octanol–water partition coefficient (Wildman–Crippen LogP) is -1.04. The monoisotopic (exact) mass is 78.0 g/mol. The van der Waals surface area contributed by atoms with Crippen LogP contribution < -0.4 is 0 Å². The molecule has 0 aromatic carbocycles. The van der Waals surface area contributed by atoms with E-state index >= 15 is 0 Å². The first-order chi connectivity index (χ1) is 1.91. The van der Waals surface area contributed by atoms with Gasteiger partial charge in [-0.2, -0.15) is 0 Å². The number of ether oxygens (including phenoxy) is 1. The Bertz CT molecular complexity index is 18.9. The molecule has 5 heavy (non-hydrogen) atoms. The van der Waals surface area contributed by atoms with Crippen molar-refractivity contribution in [2.75, 3.05) is 7.11 Å². The van der Waals surface area contributed by atoms with E-state index in [1.807, 2.05) is 0 Å². The third kappa shape index (κ3) is 37.9. The first kappa shape index (κ1) is 8.83. The molecule has 0 unspecified atom stereocenters. The number of methoxy groups -OCH3 is 1. The molecule has 0 aliphatic heterocycles. The quantitative estimate of drug-likeness (QED) is 0.376. The molecule has 2 N–H and O–H groups in total. The summed E-state index contributed by atoms with van der Waals surface area (Å²) < 4.78 is 3.86. The van der Waals surface area contributed by atoms with Crippen LogP contribution >= 0.6 is 0 Å². The third-order valence-corrected chi connectivity index (χ3v) is 0.0962. The summed E-state index contributed by atoms with van der Waals surface area (Å²) in [7, 11) is 1.31. The molecule has 0 aliphatic carbocycles. The zero-order valence-corrected chi connectivity index (χ0v) is 2.89. The first-order valence-electron chi connectivity index (χ1n) is 0.880. The summed E-state index contributed by atoms with van der Waals surface area (Å²) in [6.45, 7) is 0.375. The number of rotatable bonds is 1. The smallest absolute Gasteiger partial charge is 0.292 e. The number of hydrogen-bond acceptors (Lipinski definition) is 2. The van der Waals surface area contributed by atoms with Crippen LogP contribution in [0.5, 0.6) is 0 Å². The molecule has 32 valence electrons. The lowest BCUT2D eigenvalue weighted by Crippen LogP contribution is -1.68. The van der Waals surface area contributed by atoms with Crippen molar-refractivity contribution in [1.82, 2.24) is 0 Å². The van der Waals surface area contributed by atoms with E-state index in [4.69, 9.17) is 4.79 Å². The van der Waals surface area contributed by atoms with Crippen LogP contribution in [0.15, 0.2) is 0 Å². The van der Waals surface area contributed by atoms with Crippen molar-refractivity contribution in [1.29, 1.82) is 0 Å². The average molecular weight is 78.1 g/mol. The Labute approximate surface area is 29.9 Å². The molecular weight excluding hydrogens is 72.0 g/mol. The Morgan fingerprint density at radius 1 is 1.80 bits per heavy atom. The number of carbonyl (C=O) groups is 1. The molecule has 3 heteroatoms. The van der Waals surface area contributed by atoms with E-state index in [0.717, 1.165) is 0 Å². The maximum atomic E-state index is 8.95. The lowest BCUT2D eigenvalue weighted by molar-refractivity contribution is -0.126. The number of hydrogen-bond donors (Lipinski definition) is 0. The van der Waals surface area contributed by atoms with Gasteiger partial charge in [-0.25, -0.2) is 0 Å². The van der Waals surface area contributed by atoms with Crippen LogP contribution in [0.25, 0.3) is 0 Å². The Morgan fingerprint density at radius 3 is 2.00 bits per heavy atom. The predicted molar refractivity (Wildman–Crippen MR) is 16.7 cm³/mol. The molecule has 0 radical (unpaired) electrons. The zero-order valence-electron chi connectivity index (χ0n) is 2.89. The third-order valence-electron chi connectivity index (χ3n) is 0.0962. The van der Waals surface area contributed by atoms with Gasteiger partial charge in [0.05, 0.1) is 7.11 Å². The van der Waals surface area contributed by atoms with Gasteiger partial charge in [0.2, 0.25) is 0 Å². The summed E-state index contributed by atoms with van der Waals surface area (Å²) in [5, 5.41) is 0. The van der Waals surface area contributed by atoms with Crippen LogP contribution in [0.3, 0.4) is 0 Å². The van der Waals surface area contributed by atoms with Gasteiger partial charge < -0.3 is 10.2 Å². The van der Waals surface area contributed by atoms with Gasteiger partial charge in [0.1, 0.15) is 0 Å². The van der Waals surface area contributed by atoms with Crippen molar-refractivity contribution < 1.29 is 15.0 Å². The van der Waals surface area contributed by atoms with E-state index in [1.54, 1.807) is 0 Å². The standard InChI is InChI=1S/C2H4O2.H2O/c1-4-2-3;/h2H,1H3;1H2. The fraction of sp³-hybridized carbons (Fsp3) is 0.500. The second kappa shape index (κ2) is 9.90. The highest BCUT2D eigenvalue weighted by atomic mass is 16.5. The van der Waals surface area contributed by atoms with Crippen molar-refractivity contribution in [2.24, 2.45) is 0 Å². The van der Waals surface area contributed by atoms with Crippen LogP contribution in [-0.4, -0.2) is 19.1 Å². The maximum Gasteiger partial charge on any atom is 0.292 e. The van der Waals surface area contributed by atoms with Crippen LogP contribution in [0.4, 0.5) is 0 Å². The summed E-state index contributed by atoms with van der Waals surface area (Å²) in [5.74, 6) is 0. The average Bonchev–Trinajstić information content (AvgIpc) is 1.37. The first-order valence-corrected chi connectivity index (χ1v) is 0.880. The van der Waals surface area contributed by atoms with Gasteiger partial charge in [0.25, 0.3) is 6.47 Å². The molecule has 0 spiro atoms. The van der Waals surface area contributed by atoms with Gasteiger partial charge in [-0.15, -0.1) is 0 Å². The Hall–Kier alpha value is -0.570. The molecule has 0 heterocycles. The normalized spacial score (nSPS) is 4.20. The van der Waals surface area contributed by atoms with Gasteiger partial charge in [-0.1, -0.05) is 0 Å². The van der Waals surface area contributed by atoms with Gasteiger partial charge in [0.15, 0.2) is 0 Å². The van der Waals surface area contributed by atoms with E-state index in [0.29, 0.717) is 6.47 Å². The van der Waals surface area contributed by atoms with Crippen molar-refractivity contribution >= 4 is 6.47 Å². The van der Waals surface area contributed by atoms with Gasteiger partial charge in [0, 0.05) is 0 Å². The van der Waals surface area contributed by atoms with Crippen LogP contribution in [0.2, 0.25) is 0 Å². The molecule has 3 nitrogen and oxygen atoms in total. The molecule has 0 fully saturated rings. The molecule has 0 atom stereocenters. The van der Waals surface area contributed by atoms with Crippen LogP contribution in [-0.2, 0) is 9.53 Å². The topological polar surface area (TPSA) is 57.8 Å². The Balaban J connectivity index is 0. The molecule has 0 rings (SSSR count). The summed E-state index contributed by atoms with van der Waals surface area (Å²) in [6.07, 6.45) is 0. The van der Waals surface area contributed by atoms with Gasteiger partial charge in [-0.3, -0.25) is 4.79 Å². The summed E-state index contributed by atoms with van der Waals surface area (Å²) in [4.78, 5) is 8.95. The SMILES string of the molecule is COC=O.O. The van der Waals surface area contributed by atoms with Gasteiger partial charge in [-0.05, 0) is 0 Å². The second-order valence-electron chi connectivity index (χ2n) is 0.332. The fourth-order valence-corrected chi connectivity index (χ4v) is 0. The molecule has 0 aromatic heterocycles. The highest BCUT2D eigenvalue weighted by Crippen LogP contribution is 1.35. The van der Waals surface area contributed by atoms with E-state index in [2.05, 4.69) is 4.74 Å². The van der Waals surface area contributed by atoms with E-state index in [1.165, 1.54) is 7.11 Å². The van der Waals surface area contributed by atoms with E-state index < -0.39 is 0 Å². The molecule has 0 aliphatic rings. The summed E-state index contributed by atoms with van der Waals surface area (Å²) >= 11 is 0. The van der Waals surface area contributed by atoms with Crippen molar-refractivity contribution in [3.05, 3.63) is 0 Å². The summed E-state index contributed by atoms with van der Waals surface area (Å²) in [5.41, 5.74) is 0. The second-order valence-corrected chi connectivity index (χ2v) is 0.332. The Morgan fingerprint density at radius 2 is 2.00 bits per heavy atom. The molecule has 0 bridgehead atoms. The van der Waals surface area contributed by atoms with E-state index in [-0.39, 0.29) is 5.48 Å². The minimum Gasteiger partial charge on any atom is -0.471 e. The van der Waals surface area contributed by atoms with Crippen LogP contribution in [0.1, 0.15) is 0 Å². The maximum absolute atomic E-state index is 8.95. The highest BCUT2D eigenvalue weighted by Gasteiger charge is 1.44. The molecule has 0 saturated heterocycles. The van der Waals surface area contributed by atoms with Gasteiger partial charge >= 0.3 is 0 Å². The lowest BCUT2D eigenvalue weighted by atomic mass is 11.5. The van der Waals surface area contributed by atoms with Crippen molar-refractivity contribution in [2.45, 2.75) is 0 Å². The molecule has 0 amide bonds. The molecular formula is C2H6O3. The molecule has 0 saturated carbocycles. The summed E-state index contributed by atoms with van der Waals surface area (Å²) in [6, 6.07) is 0. The van der Waals surface area contributed by atoms with E-state index in [9.17, 15) is 0 Å². The number of carbonyl (C=O) groups excluding carboxylic acids is 1. The highest BCUT2D eigenvalue weighted by molar-refractivity contribution is 5.36. The van der Waals surface area contributed by atoms with Crippen molar-refractivity contribution in [3.63, 3.8) is 0 Å². The molecule has 0 aromatic rings. The minimum absolute atomic E-state index is 0. The fourth-order valence-electron chi connectivity index (χ4n) is 0. The zero-order chi connectivity index (χ0) is 3.41. The van der Waals surface area contributed by atoms with Crippen molar-refractivity contribution in [3.8, 4) is 0 Å². The minimum atomic E-state index is 0. The Kier molecular flexibility index (Phi) is 17.5. The van der Waals surface area contributed by atoms with Crippen LogP contribution in [0, 0.1) is 0 Å². The largest absolute Gasteiger partial charge is 0.471 e.